The van der Waals surface area contributed by atoms with Crippen molar-refractivity contribution in [3.8, 4) is 0 Å². The van der Waals surface area contributed by atoms with E-state index < -0.39 is 12.1 Å². The van der Waals surface area contributed by atoms with Gasteiger partial charge in [0.2, 0.25) is 5.91 Å². The molecule has 1 aliphatic carbocycles. The quantitative estimate of drug-likeness (QED) is 0.732. The van der Waals surface area contributed by atoms with Crippen LogP contribution >= 0.6 is 0 Å². The number of alkyl halides is 3. The molecule has 0 aromatic carbocycles. The van der Waals surface area contributed by atoms with Gasteiger partial charge in [-0.25, -0.2) is 4.79 Å². The second-order valence-corrected chi connectivity index (χ2v) is 8.11. The molecule has 31 heavy (non-hydrogen) atoms. The van der Waals surface area contributed by atoms with Crippen molar-refractivity contribution in [2.24, 2.45) is 23.7 Å². The maximum atomic E-state index is 12.4. The molecule has 1 aromatic rings. The van der Waals surface area contributed by atoms with E-state index in [4.69, 9.17) is 14.6 Å². The summed E-state index contributed by atoms with van der Waals surface area (Å²) in [6, 6.07) is 3.51. The van der Waals surface area contributed by atoms with Crippen molar-refractivity contribution >= 4 is 17.8 Å². The summed E-state index contributed by atoms with van der Waals surface area (Å²) < 4.78 is 37.6. The smallest absolute Gasteiger partial charge is 0.475 e. The molecule has 4 rings (SSSR count). The van der Waals surface area contributed by atoms with E-state index in [0.717, 1.165) is 13.0 Å². The van der Waals surface area contributed by atoms with Crippen LogP contribution in [0.3, 0.4) is 0 Å². The Morgan fingerprint density at radius 3 is 2.55 bits per heavy atom. The van der Waals surface area contributed by atoms with E-state index in [1.165, 1.54) is 0 Å². The Morgan fingerprint density at radius 2 is 2.00 bits per heavy atom. The molecule has 2 amide bonds. The zero-order valence-electron chi connectivity index (χ0n) is 16.8. The molecule has 0 bridgehead atoms. The van der Waals surface area contributed by atoms with Gasteiger partial charge >= 0.3 is 12.1 Å². The standard InChI is InChI=1S/C18H23N3O3.C2HF3O2/c1-11-5-14(11)18(23)21-8-15-13(10-24-16(15)9-21)7-20-17(22)12-3-2-4-19-6-12;3-2(4,5)1(6)7/h2-4,6,11,13-16H,5,7-10H2,1H3,(H,20,22);(H,6,7)/t11?,13-,14?,15-,16-;/m1./s1. The maximum absolute atomic E-state index is 12.4. The van der Waals surface area contributed by atoms with Crippen LogP contribution in [0.15, 0.2) is 24.5 Å². The number of amides is 2. The lowest BCUT2D eigenvalue weighted by atomic mass is 9.93. The highest BCUT2D eigenvalue weighted by Gasteiger charge is 2.49. The minimum absolute atomic E-state index is 0.107. The molecule has 0 radical (unpaired) electrons. The minimum Gasteiger partial charge on any atom is -0.475 e. The lowest BCUT2D eigenvalue weighted by Gasteiger charge is -2.20. The molecule has 8 nitrogen and oxygen atoms in total. The molecule has 5 atom stereocenters. The predicted octanol–water partition coefficient (Wildman–Crippen LogP) is 1.57. The molecule has 2 saturated heterocycles. The zero-order chi connectivity index (χ0) is 22.8. The summed E-state index contributed by atoms with van der Waals surface area (Å²) in [5, 5.41) is 10.1. The Kier molecular flexibility index (Phi) is 6.83. The number of likely N-dealkylation sites (tertiary alicyclic amines) is 1. The summed E-state index contributed by atoms with van der Waals surface area (Å²) in [7, 11) is 0. The number of aliphatic carboxylic acids is 1. The lowest BCUT2D eigenvalue weighted by molar-refractivity contribution is -0.192. The fourth-order valence-electron chi connectivity index (χ4n) is 3.91. The Bertz CT molecular complexity index is 820. The molecule has 1 aromatic heterocycles. The summed E-state index contributed by atoms with van der Waals surface area (Å²) in [6.45, 7) is 4.84. The van der Waals surface area contributed by atoms with Crippen molar-refractivity contribution in [3.05, 3.63) is 30.1 Å². The number of fused-ring (bicyclic) bond motifs is 1. The minimum atomic E-state index is -5.08. The lowest BCUT2D eigenvalue weighted by Crippen LogP contribution is -2.36. The van der Waals surface area contributed by atoms with Crippen LogP contribution in [-0.4, -0.2) is 71.3 Å². The summed E-state index contributed by atoms with van der Waals surface area (Å²) in [4.78, 5) is 39.4. The number of nitrogens with one attached hydrogen (secondary N) is 1. The molecule has 2 N–H and O–H groups in total. The van der Waals surface area contributed by atoms with Crippen molar-refractivity contribution in [2.45, 2.75) is 25.6 Å². The average Bonchev–Trinajstić information content (AvgIpc) is 3.13. The number of pyridine rings is 1. The molecular weight excluding hydrogens is 419 g/mol. The van der Waals surface area contributed by atoms with Crippen molar-refractivity contribution in [1.82, 2.24) is 15.2 Å². The van der Waals surface area contributed by atoms with Crippen LogP contribution in [0.5, 0.6) is 0 Å². The van der Waals surface area contributed by atoms with E-state index in [9.17, 15) is 22.8 Å². The highest BCUT2D eigenvalue weighted by Crippen LogP contribution is 2.41. The number of carbonyl (C=O) groups is 3. The van der Waals surface area contributed by atoms with Crippen LogP contribution in [0.1, 0.15) is 23.7 Å². The molecule has 11 heteroatoms. The normalized spacial score (nSPS) is 28.9. The number of hydrogen-bond donors (Lipinski definition) is 2. The number of nitrogens with zero attached hydrogens (tertiary/aromatic N) is 2. The van der Waals surface area contributed by atoms with E-state index in [0.29, 0.717) is 43.0 Å². The van der Waals surface area contributed by atoms with Crippen molar-refractivity contribution in [1.29, 1.82) is 0 Å². The number of aromatic nitrogens is 1. The predicted molar refractivity (Wildman–Crippen MR) is 101 cm³/mol. The topological polar surface area (TPSA) is 109 Å². The first-order valence-electron chi connectivity index (χ1n) is 9.96. The Hall–Kier alpha value is -2.69. The number of hydrogen-bond acceptors (Lipinski definition) is 5. The van der Waals surface area contributed by atoms with Gasteiger partial charge in [0.25, 0.3) is 5.91 Å². The van der Waals surface area contributed by atoms with Gasteiger partial charge in [0.15, 0.2) is 0 Å². The van der Waals surface area contributed by atoms with Gasteiger partial charge in [-0.15, -0.1) is 0 Å². The van der Waals surface area contributed by atoms with Crippen LogP contribution in [0.4, 0.5) is 13.2 Å². The molecule has 2 aliphatic heterocycles. The SMILES string of the molecule is CC1CC1C(=O)N1C[C@@H]2[C@H](CNC(=O)c3cccnc3)CO[C@@H]2C1.O=C(O)C(F)(F)F. The number of rotatable bonds is 4. The van der Waals surface area contributed by atoms with Gasteiger partial charge in [-0.1, -0.05) is 6.92 Å². The summed E-state index contributed by atoms with van der Waals surface area (Å²) in [5.74, 6) is -1.21. The molecule has 1 saturated carbocycles. The highest BCUT2D eigenvalue weighted by atomic mass is 19.4. The monoisotopic (exact) mass is 443 g/mol. The van der Waals surface area contributed by atoms with Crippen LogP contribution in [0, 0.1) is 23.7 Å². The number of ether oxygens (including phenoxy) is 1. The van der Waals surface area contributed by atoms with Crippen LogP contribution in [0.2, 0.25) is 0 Å². The highest BCUT2D eigenvalue weighted by molar-refractivity contribution is 5.93. The van der Waals surface area contributed by atoms with E-state index in [1.807, 2.05) is 4.90 Å². The maximum Gasteiger partial charge on any atom is 0.490 e. The summed E-state index contributed by atoms with van der Waals surface area (Å²) in [5.41, 5.74) is 0.568. The Morgan fingerprint density at radius 1 is 1.32 bits per heavy atom. The molecule has 170 valence electrons. The Labute approximate surface area is 176 Å². The molecule has 3 aliphatic rings. The fraction of sp³-hybridized carbons (Fsp3) is 0.600. The fourth-order valence-corrected chi connectivity index (χ4v) is 3.91. The zero-order valence-corrected chi connectivity index (χ0v) is 16.8. The molecule has 3 heterocycles. The molecular formula is C20H24F3N3O5. The molecule has 0 spiro atoms. The summed E-state index contributed by atoms with van der Waals surface area (Å²) >= 11 is 0. The molecule has 3 fully saturated rings. The van der Waals surface area contributed by atoms with Gasteiger partial charge in [0.05, 0.1) is 18.3 Å². The first-order chi connectivity index (χ1) is 14.6. The third-order valence-electron chi connectivity index (χ3n) is 5.87. The number of carboxylic acids is 1. The van der Waals surface area contributed by atoms with E-state index >= 15 is 0 Å². The van der Waals surface area contributed by atoms with E-state index in [-0.39, 0.29) is 23.8 Å². The third-order valence-corrected chi connectivity index (χ3v) is 5.87. The number of halogens is 3. The van der Waals surface area contributed by atoms with Crippen LogP contribution in [0.25, 0.3) is 0 Å². The van der Waals surface area contributed by atoms with Crippen LogP contribution in [-0.2, 0) is 14.3 Å². The van der Waals surface area contributed by atoms with Gasteiger partial charge < -0.3 is 20.1 Å². The largest absolute Gasteiger partial charge is 0.490 e. The first kappa shape index (κ1) is 23.0. The summed E-state index contributed by atoms with van der Waals surface area (Å²) in [6.07, 6.45) is -0.716. The number of carboxylic acid groups (broad SMARTS) is 1. The second-order valence-electron chi connectivity index (χ2n) is 8.11. The van der Waals surface area contributed by atoms with Crippen molar-refractivity contribution in [3.63, 3.8) is 0 Å². The van der Waals surface area contributed by atoms with Gasteiger partial charge in [-0.2, -0.15) is 13.2 Å². The van der Waals surface area contributed by atoms with Crippen LogP contribution < -0.4 is 5.32 Å². The van der Waals surface area contributed by atoms with Crippen molar-refractivity contribution in [2.75, 3.05) is 26.2 Å². The number of carbonyl (C=O) groups excluding carboxylic acids is 2. The second kappa shape index (κ2) is 9.21. The average molecular weight is 443 g/mol. The van der Waals surface area contributed by atoms with Gasteiger partial charge in [0, 0.05) is 49.8 Å². The molecule has 2 unspecified atom stereocenters. The third kappa shape index (κ3) is 5.72. The van der Waals surface area contributed by atoms with E-state index in [1.54, 1.807) is 24.5 Å². The van der Waals surface area contributed by atoms with Gasteiger partial charge in [-0.05, 0) is 24.5 Å². The van der Waals surface area contributed by atoms with E-state index in [2.05, 4.69) is 17.2 Å². The van der Waals surface area contributed by atoms with Gasteiger partial charge in [-0.3, -0.25) is 14.6 Å². The van der Waals surface area contributed by atoms with Crippen molar-refractivity contribution < 1.29 is 37.4 Å². The first-order valence-corrected chi connectivity index (χ1v) is 9.96. The van der Waals surface area contributed by atoms with Gasteiger partial charge in [0.1, 0.15) is 0 Å². The Balaban J connectivity index is 0.000000339.